The van der Waals surface area contributed by atoms with Crippen LogP contribution < -0.4 is 4.74 Å². The maximum absolute atomic E-state index is 5.77. The molecular weight excluding hydrogens is 198 g/mol. The van der Waals surface area contributed by atoms with Gasteiger partial charge in [-0.2, -0.15) is 0 Å². The normalized spacial score (nSPS) is 14.5. The predicted molar refractivity (Wildman–Crippen MR) is 66.3 cm³/mol. The van der Waals surface area contributed by atoms with Gasteiger partial charge in [0.25, 0.3) is 0 Å². The van der Waals surface area contributed by atoms with Crippen LogP contribution in [0.3, 0.4) is 0 Å². The van der Waals surface area contributed by atoms with Crippen LogP contribution in [-0.4, -0.2) is 11.6 Å². The van der Waals surface area contributed by atoms with E-state index in [1.165, 1.54) is 27.7 Å². The first-order chi connectivity index (χ1) is 7.66. The van der Waals surface area contributed by atoms with Crippen LogP contribution >= 0.6 is 0 Å². The zero-order valence-electron chi connectivity index (χ0n) is 10.1. The first-order valence-electron chi connectivity index (χ1n) is 5.94. The summed E-state index contributed by atoms with van der Waals surface area (Å²) in [6.07, 6.45) is 1.05. The number of aryl methyl sites for hydroxylation is 1. The molecule has 0 atom stereocenters. The summed E-state index contributed by atoms with van der Waals surface area (Å²) in [7, 11) is 0. The monoisotopic (exact) mass is 215 g/mol. The summed E-state index contributed by atoms with van der Waals surface area (Å²) in [5.41, 5.74) is 5.24. The zero-order valence-corrected chi connectivity index (χ0v) is 10.1. The van der Waals surface area contributed by atoms with E-state index < -0.39 is 0 Å². The van der Waals surface area contributed by atoms with Gasteiger partial charge in [0.1, 0.15) is 5.75 Å². The Morgan fingerprint density at radius 2 is 2.12 bits per heavy atom. The maximum atomic E-state index is 5.77. The van der Waals surface area contributed by atoms with Crippen LogP contribution in [0.1, 0.15) is 36.6 Å². The number of hydrogen-bond acceptors (Lipinski definition) is 1. The number of ether oxygens (including phenoxy) is 1. The van der Waals surface area contributed by atoms with Gasteiger partial charge >= 0.3 is 0 Å². The number of nitrogens with one attached hydrogen (secondary N) is 1. The van der Waals surface area contributed by atoms with E-state index in [-0.39, 0.29) is 0 Å². The SMILES string of the molecule is Cc1cc2[nH]c(C(C)C)cc2c2c1CCO2. The molecule has 1 aliphatic rings. The Morgan fingerprint density at radius 3 is 2.88 bits per heavy atom. The van der Waals surface area contributed by atoms with Crippen LogP contribution in [-0.2, 0) is 6.42 Å². The zero-order chi connectivity index (χ0) is 11.3. The van der Waals surface area contributed by atoms with E-state index in [4.69, 9.17) is 4.74 Å². The molecule has 0 unspecified atom stereocenters. The molecule has 0 fully saturated rings. The van der Waals surface area contributed by atoms with Gasteiger partial charge in [0.2, 0.25) is 0 Å². The summed E-state index contributed by atoms with van der Waals surface area (Å²) in [4.78, 5) is 3.49. The molecule has 1 aromatic heterocycles. The number of benzene rings is 1. The number of H-pyrrole nitrogens is 1. The fourth-order valence-electron chi connectivity index (χ4n) is 2.48. The second-order valence-corrected chi connectivity index (χ2v) is 4.94. The largest absolute Gasteiger partial charge is 0.492 e. The van der Waals surface area contributed by atoms with E-state index in [1.807, 2.05) is 0 Å². The van der Waals surface area contributed by atoms with Gasteiger partial charge in [0.05, 0.1) is 6.61 Å². The lowest BCUT2D eigenvalue weighted by Gasteiger charge is -2.03. The van der Waals surface area contributed by atoms with Gasteiger partial charge in [-0.3, -0.25) is 0 Å². The van der Waals surface area contributed by atoms with Gasteiger partial charge in [0, 0.05) is 28.6 Å². The second-order valence-electron chi connectivity index (χ2n) is 4.94. The van der Waals surface area contributed by atoms with E-state index >= 15 is 0 Å². The summed E-state index contributed by atoms with van der Waals surface area (Å²) < 4.78 is 5.77. The maximum Gasteiger partial charge on any atom is 0.132 e. The fraction of sp³-hybridized carbons (Fsp3) is 0.429. The third kappa shape index (κ3) is 1.26. The highest BCUT2D eigenvalue weighted by Gasteiger charge is 2.19. The molecule has 3 rings (SSSR count). The minimum atomic E-state index is 0.532. The molecule has 2 heterocycles. The summed E-state index contributed by atoms with van der Waals surface area (Å²) in [5.74, 6) is 1.64. The lowest BCUT2D eigenvalue weighted by atomic mass is 10.0. The van der Waals surface area contributed by atoms with Crippen molar-refractivity contribution >= 4 is 10.9 Å². The van der Waals surface area contributed by atoms with Gasteiger partial charge in [-0.05, 0) is 30.5 Å². The van der Waals surface area contributed by atoms with Crippen molar-refractivity contribution in [1.29, 1.82) is 0 Å². The number of hydrogen-bond donors (Lipinski definition) is 1. The summed E-state index contributed by atoms with van der Waals surface area (Å²) in [5, 5.41) is 1.25. The van der Waals surface area contributed by atoms with E-state index in [0.717, 1.165) is 18.8 Å². The molecule has 0 spiro atoms. The van der Waals surface area contributed by atoms with Crippen LogP contribution in [0.5, 0.6) is 5.75 Å². The van der Waals surface area contributed by atoms with Crippen LogP contribution in [0.4, 0.5) is 0 Å². The predicted octanol–water partition coefficient (Wildman–Crippen LogP) is 3.53. The topological polar surface area (TPSA) is 25.0 Å². The lowest BCUT2D eigenvalue weighted by molar-refractivity contribution is 0.360. The Hall–Kier alpha value is -1.44. The highest BCUT2D eigenvalue weighted by Crippen LogP contribution is 2.37. The van der Waals surface area contributed by atoms with Crippen molar-refractivity contribution < 1.29 is 4.74 Å². The molecule has 2 aromatic rings. The highest BCUT2D eigenvalue weighted by molar-refractivity contribution is 5.89. The molecule has 84 valence electrons. The van der Waals surface area contributed by atoms with Crippen LogP contribution in [0.15, 0.2) is 12.1 Å². The highest BCUT2D eigenvalue weighted by atomic mass is 16.5. The van der Waals surface area contributed by atoms with E-state index in [1.54, 1.807) is 0 Å². The van der Waals surface area contributed by atoms with Crippen molar-refractivity contribution in [2.24, 2.45) is 0 Å². The lowest BCUT2D eigenvalue weighted by Crippen LogP contribution is -1.86. The molecule has 1 aliphatic heterocycles. The molecule has 1 N–H and O–H groups in total. The summed E-state index contributed by atoms with van der Waals surface area (Å²) in [6.45, 7) is 7.41. The molecule has 0 aliphatic carbocycles. The second kappa shape index (κ2) is 3.27. The Labute approximate surface area is 95.6 Å². The number of aromatic nitrogens is 1. The quantitative estimate of drug-likeness (QED) is 0.773. The van der Waals surface area contributed by atoms with Crippen molar-refractivity contribution in [3.05, 3.63) is 29.0 Å². The van der Waals surface area contributed by atoms with Gasteiger partial charge < -0.3 is 9.72 Å². The Kier molecular flexibility index (Phi) is 2.00. The van der Waals surface area contributed by atoms with E-state index in [0.29, 0.717) is 5.92 Å². The Balaban J connectivity index is 2.31. The molecule has 0 radical (unpaired) electrons. The fourth-order valence-corrected chi connectivity index (χ4v) is 2.48. The molecule has 0 bridgehead atoms. The Bertz CT molecular complexity index is 551. The van der Waals surface area contributed by atoms with Crippen molar-refractivity contribution in [2.75, 3.05) is 6.61 Å². The van der Waals surface area contributed by atoms with Gasteiger partial charge in [-0.15, -0.1) is 0 Å². The van der Waals surface area contributed by atoms with Gasteiger partial charge in [0.15, 0.2) is 0 Å². The molecule has 2 nitrogen and oxygen atoms in total. The minimum absolute atomic E-state index is 0.532. The molecular formula is C14H17NO. The number of fused-ring (bicyclic) bond motifs is 3. The standard InChI is InChI=1S/C14H17NO/c1-8(2)12-7-11-13(15-12)6-9(3)10-4-5-16-14(10)11/h6-8,15H,4-5H2,1-3H3. The minimum Gasteiger partial charge on any atom is -0.492 e. The number of rotatable bonds is 1. The average molecular weight is 215 g/mol. The van der Waals surface area contributed by atoms with Gasteiger partial charge in [-0.25, -0.2) is 0 Å². The van der Waals surface area contributed by atoms with Crippen molar-refractivity contribution in [3.63, 3.8) is 0 Å². The number of aromatic amines is 1. The third-order valence-electron chi connectivity index (χ3n) is 3.45. The van der Waals surface area contributed by atoms with Gasteiger partial charge in [-0.1, -0.05) is 13.8 Å². The van der Waals surface area contributed by atoms with Crippen molar-refractivity contribution in [3.8, 4) is 5.75 Å². The van der Waals surface area contributed by atoms with E-state index in [9.17, 15) is 0 Å². The first kappa shape index (κ1) is 9.76. The van der Waals surface area contributed by atoms with Crippen LogP contribution in [0, 0.1) is 6.92 Å². The first-order valence-corrected chi connectivity index (χ1v) is 5.94. The Morgan fingerprint density at radius 1 is 1.31 bits per heavy atom. The third-order valence-corrected chi connectivity index (χ3v) is 3.45. The molecule has 2 heteroatoms. The van der Waals surface area contributed by atoms with Crippen molar-refractivity contribution in [1.82, 2.24) is 4.98 Å². The van der Waals surface area contributed by atoms with Crippen LogP contribution in [0.2, 0.25) is 0 Å². The molecule has 16 heavy (non-hydrogen) atoms. The molecule has 0 saturated heterocycles. The van der Waals surface area contributed by atoms with Crippen LogP contribution in [0.25, 0.3) is 10.9 Å². The summed E-state index contributed by atoms with van der Waals surface area (Å²) in [6, 6.07) is 4.48. The van der Waals surface area contributed by atoms with Crippen molar-refractivity contribution in [2.45, 2.75) is 33.1 Å². The average Bonchev–Trinajstić information content (AvgIpc) is 2.80. The smallest absolute Gasteiger partial charge is 0.132 e. The molecule has 0 saturated carbocycles. The molecule has 0 amide bonds. The molecule has 1 aromatic carbocycles. The van der Waals surface area contributed by atoms with E-state index in [2.05, 4.69) is 37.9 Å². The summed E-state index contributed by atoms with van der Waals surface area (Å²) >= 11 is 0.